The molecule has 4 aromatic rings. The zero-order chi connectivity index (χ0) is 30.0. The molecule has 2 aliphatic carbocycles. The van der Waals surface area contributed by atoms with Crippen molar-refractivity contribution in [2.24, 2.45) is 11.3 Å². The number of benzene rings is 1. The lowest BCUT2D eigenvalue weighted by Crippen LogP contribution is -2.58. The fourth-order valence-electron chi connectivity index (χ4n) is 8.55. The quantitative estimate of drug-likeness (QED) is 0.303. The number of carbonyl (C=O) groups is 1. The number of methoxy groups -OCH3 is 1. The van der Waals surface area contributed by atoms with E-state index in [9.17, 15) is 9.90 Å². The van der Waals surface area contributed by atoms with Crippen LogP contribution in [0.15, 0.2) is 42.7 Å². The summed E-state index contributed by atoms with van der Waals surface area (Å²) >= 11 is 0. The largest absolute Gasteiger partial charge is 0.507 e. The average Bonchev–Trinajstić information content (AvgIpc) is 3.39. The van der Waals surface area contributed by atoms with E-state index in [1.54, 1.807) is 12.1 Å². The number of anilines is 1. The molecule has 0 amide bonds. The van der Waals surface area contributed by atoms with E-state index < -0.39 is 0 Å². The Balaban J connectivity index is 0.917. The van der Waals surface area contributed by atoms with Crippen LogP contribution in [0.25, 0.3) is 22.3 Å². The van der Waals surface area contributed by atoms with Crippen molar-refractivity contribution in [2.75, 3.05) is 31.6 Å². The number of H-pyrrole nitrogens is 1. The van der Waals surface area contributed by atoms with Crippen LogP contribution in [0.3, 0.4) is 0 Å². The minimum absolute atomic E-state index is 0.0280. The van der Waals surface area contributed by atoms with Crippen molar-refractivity contribution in [3.8, 4) is 17.0 Å². The molecule has 228 valence electrons. The zero-order valence-corrected chi connectivity index (χ0v) is 25.4. The lowest BCUT2D eigenvalue weighted by Gasteiger charge is -2.60. The van der Waals surface area contributed by atoms with Gasteiger partial charge >= 0.3 is 5.97 Å². The topological polar surface area (TPSA) is 120 Å². The van der Waals surface area contributed by atoms with Gasteiger partial charge in [-0.15, -0.1) is 10.2 Å². The van der Waals surface area contributed by atoms with Gasteiger partial charge in [-0.05, 0) is 93.6 Å². The maximum absolute atomic E-state index is 11.8. The molecule has 8 rings (SSSR count). The van der Waals surface area contributed by atoms with Crippen LogP contribution in [0.1, 0.15) is 74.2 Å². The molecule has 0 unspecified atom stereocenters. The van der Waals surface area contributed by atoms with E-state index in [1.165, 1.54) is 36.8 Å². The first-order chi connectivity index (χ1) is 21.4. The Morgan fingerprint density at radius 3 is 2.52 bits per heavy atom. The van der Waals surface area contributed by atoms with E-state index in [4.69, 9.17) is 14.7 Å². The van der Waals surface area contributed by atoms with Gasteiger partial charge in [0.1, 0.15) is 5.75 Å². The number of nitrogens with zero attached hydrogens (tertiary/aromatic N) is 6. The molecule has 5 heterocycles. The second-order valence-corrected chi connectivity index (χ2v) is 13.5. The minimum atomic E-state index is -0.0280. The number of piperidine rings is 1. The summed E-state index contributed by atoms with van der Waals surface area (Å²) in [6, 6.07) is 9.99. The van der Waals surface area contributed by atoms with E-state index in [0.717, 1.165) is 68.7 Å². The number of aromatic amines is 1. The predicted octanol–water partition coefficient (Wildman–Crippen LogP) is 5.16. The third kappa shape index (κ3) is 4.53. The van der Waals surface area contributed by atoms with E-state index >= 15 is 0 Å². The van der Waals surface area contributed by atoms with Crippen LogP contribution in [0, 0.1) is 11.3 Å². The summed E-state index contributed by atoms with van der Waals surface area (Å²) in [5, 5.41) is 20.3. The molecule has 1 aromatic carbocycles. The lowest BCUT2D eigenvalue weighted by atomic mass is 9.49. The number of likely N-dealkylation sites (tertiary alicyclic amines) is 1. The minimum Gasteiger partial charge on any atom is -0.507 e. The van der Waals surface area contributed by atoms with Crippen molar-refractivity contribution in [2.45, 2.75) is 69.9 Å². The monoisotopic (exact) mass is 593 g/mol. The van der Waals surface area contributed by atoms with E-state index in [0.29, 0.717) is 28.6 Å². The molecule has 2 N–H and O–H groups in total. The number of fused-ring (bicyclic) bond motifs is 3. The number of hydrogen-bond acceptors (Lipinski definition) is 9. The number of nitrogens with one attached hydrogen (secondary N) is 1. The van der Waals surface area contributed by atoms with Crippen LogP contribution in [0.5, 0.6) is 5.75 Å². The van der Waals surface area contributed by atoms with Crippen LogP contribution in [0.2, 0.25) is 0 Å². The summed E-state index contributed by atoms with van der Waals surface area (Å²) < 4.78 is 4.93. The average molecular weight is 594 g/mol. The van der Waals surface area contributed by atoms with Crippen LogP contribution in [-0.2, 0) is 16.0 Å². The van der Waals surface area contributed by atoms with Crippen molar-refractivity contribution in [1.29, 1.82) is 0 Å². The normalized spacial score (nSPS) is 27.1. The molecule has 0 bridgehead atoms. The fraction of sp³-hybridized carbons (Fsp3) is 0.500. The molecule has 10 heteroatoms. The Morgan fingerprint density at radius 2 is 1.80 bits per heavy atom. The zero-order valence-electron chi connectivity index (χ0n) is 25.4. The summed E-state index contributed by atoms with van der Waals surface area (Å²) in [5.41, 5.74) is 6.10. The van der Waals surface area contributed by atoms with E-state index in [1.807, 2.05) is 30.6 Å². The number of rotatable bonds is 5. The molecule has 0 radical (unpaired) electrons. The maximum atomic E-state index is 11.8. The highest BCUT2D eigenvalue weighted by Gasteiger charge is 2.56. The van der Waals surface area contributed by atoms with Crippen LogP contribution >= 0.6 is 0 Å². The Morgan fingerprint density at radius 1 is 1.05 bits per heavy atom. The van der Waals surface area contributed by atoms with Gasteiger partial charge in [-0.3, -0.25) is 4.79 Å². The summed E-state index contributed by atoms with van der Waals surface area (Å²) in [4.78, 5) is 30.0. The number of aromatic nitrogens is 5. The van der Waals surface area contributed by atoms with Crippen molar-refractivity contribution >= 4 is 23.0 Å². The van der Waals surface area contributed by atoms with Gasteiger partial charge in [-0.2, -0.15) is 0 Å². The van der Waals surface area contributed by atoms with Gasteiger partial charge in [-0.25, -0.2) is 9.97 Å². The lowest BCUT2D eigenvalue weighted by molar-refractivity contribution is -0.163. The number of phenols is 1. The van der Waals surface area contributed by atoms with Crippen molar-refractivity contribution < 1.29 is 14.6 Å². The predicted molar refractivity (Wildman–Crippen MR) is 166 cm³/mol. The third-order valence-corrected chi connectivity index (χ3v) is 11.0. The standard InChI is InChI=1S/C34H39N7O3/c1-20-30-26-13-28(25-5-3-4-6-29(25)42)38-39-31(26)37-27(30)9-12-41(20)33-35-18-23(19-36-33)21-7-10-40(11-8-21)24-16-34(17-24)14-22(15-34)32(43)44-2/h3-6,13,18-22,24,42H,7-12,14-17H2,1-2H3,(H,37,39)/t20-,22?,24?,34?/m1/s1. The van der Waals surface area contributed by atoms with Crippen LogP contribution in [-0.4, -0.2) is 73.9 Å². The second kappa shape index (κ2) is 10.5. The summed E-state index contributed by atoms with van der Waals surface area (Å²) in [7, 11) is 1.50. The molecule has 1 spiro atoms. The van der Waals surface area contributed by atoms with Gasteiger partial charge in [0.05, 0.1) is 24.8 Å². The van der Waals surface area contributed by atoms with Gasteiger partial charge in [0.15, 0.2) is 5.65 Å². The van der Waals surface area contributed by atoms with Crippen LogP contribution < -0.4 is 4.90 Å². The number of para-hydroxylation sites is 1. The SMILES string of the molecule is COC(=O)C1CC2(C1)CC(N1CCC(c3cnc(N4CCc5[nH]c6nnc(-c7ccccc7O)cc6c5[C@H]4C)nc3)CC1)C2. The number of esters is 1. The smallest absolute Gasteiger partial charge is 0.308 e. The highest BCUT2D eigenvalue weighted by atomic mass is 16.5. The highest BCUT2D eigenvalue weighted by Crippen LogP contribution is 2.60. The third-order valence-electron chi connectivity index (χ3n) is 11.0. The molecule has 1 atom stereocenters. The Kier molecular flexibility index (Phi) is 6.59. The fourth-order valence-corrected chi connectivity index (χ4v) is 8.55. The molecule has 1 saturated heterocycles. The van der Waals surface area contributed by atoms with Gasteiger partial charge in [-0.1, -0.05) is 12.1 Å². The Hall–Kier alpha value is -4.05. The Bertz CT molecular complexity index is 1700. The summed E-state index contributed by atoms with van der Waals surface area (Å²) in [5.74, 6) is 1.54. The highest BCUT2D eigenvalue weighted by molar-refractivity contribution is 5.86. The van der Waals surface area contributed by atoms with E-state index in [2.05, 4.69) is 31.9 Å². The van der Waals surface area contributed by atoms with E-state index in [-0.39, 0.29) is 23.7 Å². The molecule has 4 aliphatic rings. The van der Waals surface area contributed by atoms with Crippen molar-refractivity contribution in [3.05, 3.63) is 59.5 Å². The molecular weight excluding hydrogens is 554 g/mol. The molecule has 10 nitrogen and oxygen atoms in total. The first-order valence-corrected chi connectivity index (χ1v) is 16.0. The molecule has 2 saturated carbocycles. The van der Waals surface area contributed by atoms with Crippen LogP contribution in [0.4, 0.5) is 5.95 Å². The second-order valence-electron chi connectivity index (χ2n) is 13.5. The first kappa shape index (κ1) is 27.5. The molecule has 3 fully saturated rings. The molecule has 3 aromatic heterocycles. The first-order valence-electron chi connectivity index (χ1n) is 16.0. The van der Waals surface area contributed by atoms with Gasteiger partial charge in [0.2, 0.25) is 5.95 Å². The van der Waals surface area contributed by atoms with Gasteiger partial charge < -0.3 is 24.6 Å². The van der Waals surface area contributed by atoms with Gasteiger partial charge in [0, 0.05) is 53.6 Å². The molecule has 44 heavy (non-hydrogen) atoms. The number of carbonyl (C=O) groups excluding carboxylic acids is 1. The number of ether oxygens (including phenoxy) is 1. The Labute approximate surface area is 256 Å². The van der Waals surface area contributed by atoms with Crippen molar-refractivity contribution in [3.63, 3.8) is 0 Å². The maximum Gasteiger partial charge on any atom is 0.308 e. The molecular formula is C34H39N7O3. The summed E-state index contributed by atoms with van der Waals surface area (Å²) in [6.45, 7) is 5.25. The van der Waals surface area contributed by atoms with Gasteiger partial charge in [0.25, 0.3) is 0 Å². The number of aromatic hydroxyl groups is 1. The van der Waals surface area contributed by atoms with Crippen molar-refractivity contribution in [1.82, 2.24) is 30.0 Å². The number of phenolic OH excluding ortho intramolecular Hbond substituents is 1. The summed E-state index contributed by atoms with van der Waals surface area (Å²) in [6.07, 6.45) is 11.7. The molecule has 2 aliphatic heterocycles. The number of hydrogen-bond donors (Lipinski definition) is 2.